The van der Waals surface area contributed by atoms with Crippen molar-refractivity contribution >= 4 is 5.91 Å². The molecule has 5 nitrogen and oxygen atoms in total. The average molecular weight is 315 g/mol. The summed E-state index contributed by atoms with van der Waals surface area (Å²) >= 11 is 0. The summed E-state index contributed by atoms with van der Waals surface area (Å²) in [4.78, 5) is 12.3. The van der Waals surface area contributed by atoms with Crippen LogP contribution >= 0.6 is 0 Å². The summed E-state index contributed by atoms with van der Waals surface area (Å²) < 4.78 is 15.5. The molecule has 2 rings (SSSR count). The van der Waals surface area contributed by atoms with Crippen molar-refractivity contribution in [3.8, 4) is 11.5 Å². The number of carbonyl (C=O) groups excluding carboxylic acids is 1. The number of benzene rings is 2. The molecule has 0 aliphatic heterocycles. The molecule has 0 aliphatic carbocycles. The second-order valence-corrected chi connectivity index (χ2v) is 5.04. The molecule has 5 heteroatoms. The zero-order chi connectivity index (χ0) is 16.7. The number of rotatable bonds is 7. The minimum absolute atomic E-state index is 0.181. The lowest BCUT2D eigenvalue weighted by Crippen LogP contribution is -2.22. The van der Waals surface area contributed by atoms with Crippen LogP contribution in [-0.4, -0.2) is 27.2 Å². The van der Waals surface area contributed by atoms with E-state index in [0.29, 0.717) is 30.2 Å². The Bertz CT molecular complexity index is 648. The van der Waals surface area contributed by atoms with Gasteiger partial charge in [-0.25, -0.2) is 0 Å². The quantitative estimate of drug-likeness (QED) is 0.853. The molecule has 0 saturated carbocycles. The highest BCUT2D eigenvalue weighted by Gasteiger charge is 2.09. The zero-order valence-electron chi connectivity index (χ0n) is 13.6. The molecule has 2 aromatic rings. The number of hydrogen-bond donors (Lipinski definition) is 1. The average Bonchev–Trinajstić information content (AvgIpc) is 2.59. The Morgan fingerprint density at radius 3 is 2.22 bits per heavy atom. The normalized spacial score (nSPS) is 10.2. The van der Waals surface area contributed by atoms with Crippen molar-refractivity contribution in [3.05, 3.63) is 59.2 Å². The topological polar surface area (TPSA) is 56.8 Å². The van der Waals surface area contributed by atoms with Gasteiger partial charge in [-0.15, -0.1) is 0 Å². The molecule has 0 spiro atoms. The van der Waals surface area contributed by atoms with Crippen LogP contribution in [0.4, 0.5) is 0 Å². The Morgan fingerprint density at radius 1 is 0.957 bits per heavy atom. The van der Waals surface area contributed by atoms with Crippen molar-refractivity contribution in [1.82, 2.24) is 5.32 Å². The first-order chi connectivity index (χ1) is 11.2. The highest BCUT2D eigenvalue weighted by Crippen LogP contribution is 2.22. The number of hydrogen-bond acceptors (Lipinski definition) is 4. The second kappa shape index (κ2) is 8.19. The molecule has 0 unspecified atom stereocenters. The molecule has 0 atom stereocenters. The molecule has 1 amide bonds. The first kappa shape index (κ1) is 16.8. The van der Waals surface area contributed by atoms with Crippen LogP contribution in [0.1, 0.15) is 21.5 Å². The van der Waals surface area contributed by atoms with E-state index in [1.165, 1.54) is 0 Å². The third kappa shape index (κ3) is 4.72. The van der Waals surface area contributed by atoms with E-state index >= 15 is 0 Å². The van der Waals surface area contributed by atoms with Gasteiger partial charge >= 0.3 is 0 Å². The number of nitrogens with one attached hydrogen (secondary N) is 1. The summed E-state index contributed by atoms with van der Waals surface area (Å²) in [5.41, 5.74) is 2.58. The number of carbonyl (C=O) groups is 1. The standard InChI is InChI=1S/C18H21NO4/c1-21-12-14-6-4-5-13(7-14)11-19-18(20)15-8-16(22-2)10-17(9-15)23-3/h4-10H,11-12H2,1-3H3,(H,19,20). The lowest BCUT2D eigenvalue weighted by molar-refractivity contribution is 0.0950. The first-order valence-corrected chi connectivity index (χ1v) is 7.24. The molecule has 23 heavy (non-hydrogen) atoms. The van der Waals surface area contributed by atoms with E-state index in [2.05, 4.69) is 5.32 Å². The highest BCUT2D eigenvalue weighted by atomic mass is 16.5. The summed E-state index contributed by atoms with van der Waals surface area (Å²) in [5.74, 6) is 0.979. The van der Waals surface area contributed by atoms with Gasteiger partial charge in [-0.2, -0.15) is 0 Å². The smallest absolute Gasteiger partial charge is 0.251 e. The van der Waals surface area contributed by atoms with Gasteiger partial charge in [0.05, 0.1) is 20.8 Å². The van der Waals surface area contributed by atoms with Gasteiger partial charge in [-0.1, -0.05) is 24.3 Å². The fraction of sp³-hybridized carbons (Fsp3) is 0.278. The molecule has 0 saturated heterocycles. The molecule has 1 N–H and O–H groups in total. The summed E-state index contributed by atoms with van der Waals surface area (Å²) in [7, 11) is 4.76. The van der Waals surface area contributed by atoms with Crippen molar-refractivity contribution in [3.63, 3.8) is 0 Å². The van der Waals surface area contributed by atoms with Gasteiger partial charge in [0.2, 0.25) is 0 Å². The Morgan fingerprint density at radius 2 is 1.61 bits per heavy atom. The third-order valence-corrected chi connectivity index (χ3v) is 3.37. The van der Waals surface area contributed by atoms with Crippen LogP contribution in [-0.2, 0) is 17.9 Å². The minimum atomic E-state index is -0.181. The maximum atomic E-state index is 12.3. The monoisotopic (exact) mass is 315 g/mol. The van der Waals surface area contributed by atoms with E-state index in [4.69, 9.17) is 14.2 Å². The van der Waals surface area contributed by atoms with Crippen molar-refractivity contribution in [2.24, 2.45) is 0 Å². The van der Waals surface area contributed by atoms with Crippen LogP contribution in [0.2, 0.25) is 0 Å². The van der Waals surface area contributed by atoms with Gasteiger partial charge in [0.1, 0.15) is 11.5 Å². The van der Waals surface area contributed by atoms with Gasteiger partial charge < -0.3 is 19.5 Å². The Kier molecular flexibility index (Phi) is 6.00. The summed E-state index contributed by atoms with van der Waals surface area (Å²) in [6, 6.07) is 13.0. The molecule has 0 radical (unpaired) electrons. The van der Waals surface area contributed by atoms with E-state index in [1.54, 1.807) is 39.5 Å². The van der Waals surface area contributed by atoms with Crippen LogP contribution in [0.5, 0.6) is 11.5 Å². The molecular formula is C18H21NO4. The maximum Gasteiger partial charge on any atom is 0.251 e. The van der Waals surface area contributed by atoms with E-state index < -0.39 is 0 Å². The van der Waals surface area contributed by atoms with Gasteiger partial charge in [-0.05, 0) is 23.3 Å². The van der Waals surface area contributed by atoms with Gasteiger partial charge in [0.25, 0.3) is 5.91 Å². The lowest BCUT2D eigenvalue weighted by Gasteiger charge is -2.10. The van der Waals surface area contributed by atoms with Gasteiger partial charge in [0, 0.05) is 25.3 Å². The predicted octanol–water partition coefficient (Wildman–Crippen LogP) is 2.78. The summed E-state index contributed by atoms with van der Waals surface area (Å²) in [6.07, 6.45) is 0. The highest BCUT2D eigenvalue weighted by molar-refractivity contribution is 5.95. The zero-order valence-corrected chi connectivity index (χ0v) is 13.6. The van der Waals surface area contributed by atoms with Crippen molar-refractivity contribution < 1.29 is 19.0 Å². The van der Waals surface area contributed by atoms with Crippen LogP contribution in [0.25, 0.3) is 0 Å². The van der Waals surface area contributed by atoms with Crippen LogP contribution in [0, 0.1) is 0 Å². The molecule has 0 aromatic heterocycles. The largest absolute Gasteiger partial charge is 0.497 e. The molecule has 0 bridgehead atoms. The predicted molar refractivity (Wildman–Crippen MR) is 87.9 cm³/mol. The summed E-state index contributed by atoms with van der Waals surface area (Å²) in [6.45, 7) is 0.991. The van der Waals surface area contributed by atoms with Gasteiger partial charge in [0.15, 0.2) is 0 Å². The Balaban J connectivity index is 2.06. The molecule has 0 aliphatic rings. The summed E-state index contributed by atoms with van der Waals surface area (Å²) in [5, 5.41) is 2.90. The molecule has 0 heterocycles. The van der Waals surface area contributed by atoms with Crippen molar-refractivity contribution in [2.45, 2.75) is 13.2 Å². The number of ether oxygens (including phenoxy) is 3. The van der Waals surface area contributed by atoms with Crippen molar-refractivity contribution in [2.75, 3.05) is 21.3 Å². The third-order valence-electron chi connectivity index (χ3n) is 3.37. The van der Waals surface area contributed by atoms with Gasteiger partial charge in [-0.3, -0.25) is 4.79 Å². The fourth-order valence-electron chi connectivity index (χ4n) is 2.22. The van der Waals surface area contributed by atoms with Crippen LogP contribution in [0.3, 0.4) is 0 Å². The van der Waals surface area contributed by atoms with E-state index in [0.717, 1.165) is 11.1 Å². The molecule has 122 valence electrons. The number of methoxy groups -OCH3 is 3. The maximum absolute atomic E-state index is 12.3. The van der Waals surface area contributed by atoms with Crippen LogP contribution in [0.15, 0.2) is 42.5 Å². The Labute approximate surface area is 136 Å². The van der Waals surface area contributed by atoms with E-state index in [1.807, 2.05) is 24.3 Å². The van der Waals surface area contributed by atoms with Crippen LogP contribution < -0.4 is 14.8 Å². The van der Waals surface area contributed by atoms with E-state index in [9.17, 15) is 4.79 Å². The fourth-order valence-corrected chi connectivity index (χ4v) is 2.22. The molecular weight excluding hydrogens is 294 g/mol. The Hall–Kier alpha value is -2.53. The molecule has 0 fully saturated rings. The lowest BCUT2D eigenvalue weighted by atomic mass is 10.1. The van der Waals surface area contributed by atoms with E-state index in [-0.39, 0.29) is 5.91 Å². The molecule has 2 aromatic carbocycles. The first-order valence-electron chi connectivity index (χ1n) is 7.24. The second-order valence-electron chi connectivity index (χ2n) is 5.04. The SMILES string of the molecule is COCc1cccc(CNC(=O)c2cc(OC)cc(OC)c2)c1. The number of amides is 1. The minimum Gasteiger partial charge on any atom is -0.497 e. The van der Waals surface area contributed by atoms with Crippen molar-refractivity contribution in [1.29, 1.82) is 0 Å².